The minimum Gasteiger partial charge on any atom is -0.396 e. The molecule has 0 saturated carbocycles. The fourth-order valence-corrected chi connectivity index (χ4v) is 1.68. The maximum absolute atomic E-state index is 8.63. The smallest absolute Gasteiger partial charge is 0.0443 e. The summed E-state index contributed by atoms with van der Waals surface area (Å²) in [6, 6.07) is 1.61. The fraction of sp³-hybridized carbons (Fsp3) is 1.00. The van der Waals surface area contributed by atoms with Gasteiger partial charge in [0.05, 0.1) is 0 Å². The van der Waals surface area contributed by atoms with E-state index < -0.39 is 0 Å². The van der Waals surface area contributed by atoms with Gasteiger partial charge in [0.2, 0.25) is 0 Å². The Kier molecular flexibility index (Phi) is 8.14. The first kappa shape index (κ1) is 13.9. The lowest BCUT2D eigenvalue weighted by Gasteiger charge is -2.21. The normalized spacial score (nSPS) is 15.9. The lowest BCUT2D eigenvalue weighted by Crippen LogP contribution is -2.38. The molecule has 0 amide bonds. The molecule has 0 bridgehead atoms. The van der Waals surface area contributed by atoms with E-state index in [2.05, 4.69) is 38.3 Å². The van der Waals surface area contributed by atoms with Crippen molar-refractivity contribution in [2.75, 3.05) is 13.2 Å². The zero-order valence-corrected chi connectivity index (χ0v) is 10.0. The molecule has 0 rings (SSSR count). The SMILES string of the molecule is CC(C)NC(C)CC(C)NCCCO. The molecule has 2 atom stereocenters. The standard InChI is InChI=1S/C11H26N2O/c1-9(2)13-11(4)8-10(3)12-6-5-7-14/h9-14H,5-8H2,1-4H3. The average Bonchev–Trinajstić information content (AvgIpc) is 2.02. The van der Waals surface area contributed by atoms with Crippen molar-refractivity contribution in [1.82, 2.24) is 10.6 Å². The van der Waals surface area contributed by atoms with E-state index in [0.29, 0.717) is 18.1 Å². The van der Waals surface area contributed by atoms with E-state index in [1.54, 1.807) is 0 Å². The zero-order valence-electron chi connectivity index (χ0n) is 10.0. The monoisotopic (exact) mass is 202 g/mol. The third-order valence-electron chi connectivity index (χ3n) is 2.15. The topological polar surface area (TPSA) is 44.3 Å². The van der Waals surface area contributed by atoms with Crippen LogP contribution in [0.15, 0.2) is 0 Å². The van der Waals surface area contributed by atoms with Crippen LogP contribution >= 0.6 is 0 Å². The maximum atomic E-state index is 8.63. The molecule has 3 N–H and O–H groups in total. The van der Waals surface area contributed by atoms with Gasteiger partial charge in [-0.15, -0.1) is 0 Å². The molecule has 0 fully saturated rings. The van der Waals surface area contributed by atoms with Crippen LogP contribution in [0.1, 0.15) is 40.5 Å². The maximum Gasteiger partial charge on any atom is 0.0443 e. The Morgan fingerprint density at radius 2 is 1.71 bits per heavy atom. The van der Waals surface area contributed by atoms with Crippen molar-refractivity contribution in [2.45, 2.75) is 58.7 Å². The molecule has 3 nitrogen and oxygen atoms in total. The lowest BCUT2D eigenvalue weighted by atomic mass is 10.1. The number of nitrogens with one attached hydrogen (secondary N) is 2. The Morgan fingerprint density at radius 3 is 2.21 bits per heavy atom. The highest BCUT2D eigenvalue weighted by Gasteiger charge is 2.08. The average molecular weight is 202 g/mol. The van der Waals surface area contributed by atoms with E-state index in [0.717, 1.165) is 19.4 Å². The lowest BCUT2D eigenvalue weighted by molar-refractivity contribution is 0.281. The first-order valence-electron chi connectivity index (χ1n) is 5.66. The molecule has 0 saturated heterocycles. The molecule has 0 aromatic heterocycles. The Morgan fingerprint density at radius 1 is 1.07 bits per heavy atom. The van der Waals surface area contributed by atoms with Crippen LogP contribution in [0, 0.1) is 0 Å². The van der Waals surface area contributed by atoms with Crippen molar-refractivity contribution in [3.8, 4) is 0 Å². The Balaban J connectivity index is 3.44. The van der Waals surface area contributed by atoms with E-state index in [1.807, 2.05) is 0 Å². The number of hydrogen-bond donors (Lipinski definition) is 3. The molecule has 0 radical (unpaired) electrons. The molecule has 2 unspecified atom stereocenters. The van der Waals surface area contributed by atoms with Crippen molar-refractivity contribution in [3.63, 3.8) is 0 Å². The second-order valence-electron chi connectivity index (χ2n) is 4.39. The van der Waals surface area contributed by atoms with Gasteiger partial charge in [0, 0.05) is 24.7 Å². The first-order chi connectivity index (χ1) is 6.56. The number of aliphatic hydroxyl groups excluding tert-OH is 1. The molecular formula is C11H26N2O. The summed E-state index contributed by atoms with van der Waals surface area (Å²) in [5, 5.41) is 15.5. The van der Waals surface area contributed by atoms with Gasteiger partial charge in [0.15, 0.2) is 0 Å². The molecule has 0 aromatic carbocycles. The molecule has 14 heavy (non-hydrogen) atoms. The highest BCUT2D eigenvalue weighted by atomic mass is 16.3. The third kappa shape index (κ3) is 8.48. The molecular weight excluding hydrogens is 176 g/mol. The van der Waals surface area contributed by atoms with Gasteiger partial charge < -0.3 is 15.7 Å². The van der Waals surface area contributed by atoms with Crippen LogP contribution in [0.5, 0.6) is 0 Å². The minimum absolute atomic E-state index is 0.277. The molecule has 0 aliphatic rings. The van der Waals surface area contributed by atoms with Crippen LogP contribution in [0.25, 0.3) is 0 Å². The molecule has 0 heterocycles. The summed E-state index contributed by atoms with van der Waals surface area (Å²) in [7, 11) is 0. The van der Waals surface area contributed by atoms with Gasteiger partial charge in [0.25, 0.3) is 0 Å². The number of rotatable bonds is 8. The summed E-state index contributed by atoms with van der Waals surface area (Å²) in [5.41, 5.74) is 0. The fourth-order valence-electron chi connectivity index (χ4n) is 1.68. The predicted octanol–water partition coefficient (Wildman–Crippen LogP) is 1.12. The Hall–Kier alpha value is -0.120. The highest BCUT2D eigenvalue weighted by molar-refractivity contribution is 4.71. The van der Waals surface area contributed by atoms with E-state index >= 15 is 0 Å². The Bertz CT molecular complexity index is 128. The summed E-state index contributed by atoms with van der Waals surface area (Å²) in [5.74, 6) is 0. The van der Waals surface area contributed by atoms with E-state index in [4.69, 9.17) is 5.11 Å². The van der Waals surface area contributed by atoms with Crippen LogP contribution in [-0.4, -0.2) is 36.4 Å². The van der Waals surface area contributed by atoms with E-state index in [1.165, 1.54) is 0 Å². The summed E-state index contributed by atoms with van der Waals surface area (Å²) >= 11 is 0. The number of aliphatic hydroxyl groups is 1. The molecule has 0 aromatic rings. The highest BCUT2D eigenvalue weighted by Crippen LogP contribution is 1.98. The summed E-state index contributed by atoms with van der Waals surface area (Å²) in [6.45, 7) is 9.92. The number of hydrogen-bond acceptors (Lipinski definition) is 3. The second kappa shape index (κ2) is 8.21. The van der Waals surface area contributed by atoms with Gasteiger partial charge in [-0.25, -0.2) is 0 Å². The molecule has 0 aliphatic carbocycles. The van der Waals surface area contributed by atoms with Crippen molar-refractivity contribution in [1.29, 1.82) is 0 Å². The first-order valence-corrected chi connectivity index (χ1v) is 5.66. The van der Waals surface area contributed by atoms with E-state index in [-0.39, 0.29) is 6.61 Å². The molecule has 0 aliphatic heterocycles. The Labute approximate surface area is 88.3 Å². The van der Waals surface area contributed by atoms with Gasteiger partial charge in [-0.2, -0.15) is 0 Å². The van der Waals surface area contributed by atoms with Gasteiger partial charge in [-0.1, -0.05) is 13.8 Å². The van der Waals surface area contributed by atoms with Crippen LogP contribution in [0.3, 0.4) is 0 Å². The van der Waals surface area contributed by atoms with Gasteiger partial charge >= 0.3 is 0 Å². The van der Waals surface area contributed by atoms with Crippen LogP contribution in [0.2, 0.25) is 0 Å². The predicted molar refractivity (Wildman–Crippen MR) is 61.5 cm³/mol. The van der Waals surface area contributed by atoms with Gasteiger partial charge in [-0.05, 0) is 33.2 Å². The van der Waals surface area contributed by atoms with Crippen molar-refractivity contribution in [3.05, 3.63) is 0 Å². The molecule has 86 valence electrons. The molecule has 0 spiro atoms. The summed E-state index contributed by atoms with van der Waals surface area (Å²) in [6.07, 6.45) is 1.97. The van der Waals surface area contributed by atoms with Crippen molar-refractivity contribution < 1.29 is 5.11 Å². The van der Waals surface area contributed by atoms with Crippen LogP contribution in [0.4, 0.5) is 0 Å². The largest absolute Gasteiger partial charge is 0.396 e. The van der Waals surface area contributed by atoms with Crippen LogP contribution < -0.4 is 10.6 Å². The third-order valence-corrected chi connectivity index (χ3v) is 2.15. The summed E-state index contributed by atoms with van der Waals surface area (Å²) in [4.78, 5) is 0. The van der Waals surface area contributed by atoms with Crippen molar-refractivity contribution >= 4 is 0 Å². The quantitative estimate of drug-likeness (QED) is 0.517. The second-order valence-corrected chi connectivity index (χ2v) is 4.39. The van der Waals surface area contributed by atoms with Crippen LogP contribution in [-0.2, 0) is 0 Å². The summed E-state index contributed by atoms with van der Waals surface area (Å²) < 4.78 is 0. The van der Waals surface area contributed by atoms with E-state index in [9.17, 15) is 0 Å². The minimum atomic E-state index is 0.277. The zero-order chi connectivity index (χ0) is 11.0. The van der Waals surface area contributed by atoms with Crippen molar-refractivity contribution in [2.24, 2.45) is 0 Å². The van der Waals surface area contributed by atoms with Gasteiger partial charge in [0.1, 0.15) is 0 Å². The molecule has 3 heteroatoms. The van der Waals surface area contributed by atoms with Gasteiger partial charge in [-0.3, -0.25) is 0 Å².